The van der Waals surface area contributed by atoms with Crippen LogP contribution in [-0.2, 0) is 13.7 Å². The Morgan fingerprint density at radius 3 is 2.56 bits per heavy atom. The van der Waals surface area contributed by atoms with Gasteiger partial charge in [0.1, 0.15) is 24.0 Å². The van der Waals surface area contributed by atoms with Gasteiger partial charge in [-0.1, -0.05) is 0 Å². The van der Waals surface area contributed by atoms with Crippen molar-refractivity contribution >= 4 is 0 Å². The van der Waals surface area contributed by atoms with Crippen LogP contribution in [0.3, 0.4) is 0 Å². The zero-order valence-electron chi connectivity index (χ0n) is 9.27. The number of rotatable bonds is 3. The van der Waals surface area contributed by atoms with E-state index in [-0.39, 0.29) is 5.82 Å². The molecule has 1 heterocycles. The standard InChI is InChI=1S/C12H13FN2O/c1-9-7-15(2)12(14-9)8-16-11-5-3-10(13)4-6-11/h3-7H,8H2,1-2H3. The average molecular weight is 220 g/mol. The lowest BCUT2D eigenvalue weighted by atomic mass is 10.3. The second-order valence-electron chi connectivity index (χ2n) is 3.65. The fraction of sp³-hybridized carbons (Fsp3) is 0.250. The topological polar surface area (TPSA) is 27.1 Å². The van der Waals surface area contributed by atoms with E-state index in [1.807, 2.05) is 24.7 Å². The summed E-state index contributed by atoms with van der Waals surface area (Å²) in [4.78, 5) is 4.31. The van der Waals surface area contributed by atoms with Crippen molar-refractivity contribution in [1.29, 1.82) is 0 Å². The van der Waals surface area contributed by atoms with Crippen LogP contribution in [0.15, 0.2) is 30.5 Å². The summed E-state index contributed by atoms with van der Waals surface area (Å²) < 4.78 is 20.1. The van der Waals surface area contributed by atoms with E-state index in [0.717, 1.165) is 11.5 Å². The predicted molar refractivity (Wildman–Crippen MR) is 58.7 cm³/mol. The largest absolute Gasteiger partial charge is 0.486 e. The molecule has 0 saturated carbocycles. The molecule has 1 aromatic heterocycles. The van der Waals surface area contributed by atoms with Gasteiger partial charge in [-0.05, 0) is 31.2 Å². The predicted octanol–water partition coefficient (Wildman–Crippen LogP) is 2.45. The van der Waals surface area contributed by atoms with E-state index in [1.54, 1.807) is 12.1 Å². The molecule has 0 atom stereocenters. The van der Waals surface area contributed by atoms with Crippen LogP contribution in [0, 0.1) is 12.7 Å². The molecule has 2 rings (SSSR count). The maximum absolute atomic E-state index is 12.6. The number of imidazole rings is 1. The van der Waals surface area contributed by atoms with Gasteiger partial charge in [-0.15, -0.1) is 0 Å². The van der Waals surface area contributed by atoms with Crippen molar-refractivity contribution < 1.29 is 9.13 Å². The van der Waals surface area contributed by atoms with Crippen molar-refractivity contribution in [3.05, 3.63) is 47.8 Å². The van der Waals surface area contributed by atoms with E-state index in [4.69, 9.17) is 4.74 Å². The van der Waals surface area contributed by atoms with Gasteiger partial charge in [-0.2, -0.15) is 0 Å². The Labute approximate surface area is 93.5 Å². The maximum Gasteiger partial charge on any atom is 0.146 e. The minimum absolute atomic E-state index is 0.264. The molecule has 0 unspecified atom stereocenters. The van der Waals surface area contributed by atoms with E-state index in [9.17, 15) is 4.39 Å². The average Bonchev–Trinajstić information content (AvgIpc) is 2.57. The van der Waals surface area contributed by atoms with Gasteiger partial charge in [0.2, 0.25) is 0 Å². The number of aryl methyl sites for hydroxylation is 2. The van der Waals surface area contributed by atoms with E-state index in [0.29, 0.717) is 12.4 Å². The number of hydrogen-bond donors (Lipinski definition) is 0. The molecule has 0 aliphatic rings. The molecule has 1 aromatic carbocycles. The molecule has 0 saturated heterocycles. The quantitative estimate of drug-likeness (QED) is 0.794. The van der Waals surface area contributed by atoms with Crippen LogP contribution in [0.5, 0.6) is 5.75 Å². The molecule has 4 heteroatoms. The van der Waals surface area contributed by atoms with Gasteiger partial charge in [-0.25, -0.2) is 9.37 Å². The molecule has 0 N–H and O–H groups in total. The van der Waals surface area contributed by atoms with Gasteiger partial charge < -0.3 is 9.30 Å². The molecule has 3 nitrogen and oxygen atoms in total. The third-order valence-corrected chi connectivity index (χ3v) is 2.27. The minimum Gasteiger partial charge on any atom is -0.486 e. The Hall–Kier alpha value is -1.84. The minimum atomic E-state index is -0.264. The van der Waals surface area contributed by atoms with Crippen molar-refractivity contribution in [2.24, 2.45) is 7.05 Å². The maximum atomic E-state index is 12.6. The second kappa shape index (κ2) is 4.35. The Kier molecular flexibility index (Phi) is 2.90. The molecule has 0 fully saturated rings. The molecule has 0 amide bonds. The molecule has 0 spiro atoms. The first-order chi connectivity index (χ1) is 7.65. The highest BCUT2D eigenvalue weighted by Gasteiger charge is 2.03. The third-order valence-electron chi connectivity index (χ3n) is 2.27. The number of aromatic nitrogens is 2. The summed E-state index contributed by atoms with van der Waals surface area (Å²) in [6, 6.07) is 5.95. The van der Waals surface area contributed by atoms with Gasteiger partial charge >= 0.3 is 0 Å². The summed E-state index contributed by atoms with van der Waals surface area (Å²) >= 11 is 0. The highest BCUT2D eigenvalue weighted by molar-refractivity contribution is 5.22. The summed E-state index contributed by atoms with van der Waals surface area (Å²) in [5.74, 6) is 1.23. The number of benzene rings is 1. The molecule has 0 aliphatic carbocycles. The lowest BCUT2D eigenvalue weighted by molar-refractivity contribution is 0.291. The lowest BCUT2D eigenvalue weighted by Gasteiger charge is -2.05. The monoisotopic (exact) mass is 220 g/mol. The summed E-state index contributed by atoms with van der Waals surface area (Å²) in [6.07, 6.45) is 1.93. The Morgan fingerprint density at radius 1 is 1.31 bits per heavy atom. The first kappa shape index (κ1) is 10.7. The molecule has 0 aliphatic heterocycles. The van der Waals surface area contributed by atoms with Crippen LogP contribution < -0.4 is 4.74 Å². The van der Waals surface area contributed by atoms with E-state index in [2.05, 4.69) is 4.98 Å². The number of ether oxygens (including phenoxy) is 1. The highest BCUT2D eigenvalue weighted by atomic mass is 19.1. The van der Waals surface area contributed by atoms with E-state index in [1.165, 1.54) is 12.1 Å². The van der Waals surface area contributed by atoms with E-state index >= 15 is 0 Å². The molecular formula is C12H13FN2O. The molecule has 0 radical (unpaired) electrons. The van der Waals surface area contributed by atoms with Gasteiger partial charge in [0, 0.05) is 13.2 Å². The second-order valence-corrected chi connectivity index (χ2v) is 3.65. The van der Waals surface area contributed by atoms with Gasteiger partial charge in [0.15, 0.2) is 0 Å². The molecule has 16 heavy (non-hydrogen) atoms. The summed E-state index contributed by atoms with van der Waals surface area (Å²) in [6.45, 7) is 2.32. The van der Waals surface area contributed by atoms with Crippen molar-refractivity contribution in [3.63, 3.8) is 0 Å². The number of hydrogen-bond acceptors (Lipinski definition) is 2. The van der Waals surface area contributed by atoms with Crippen molar-refractivity contribution in [1.82, 2.24) is 9.55 Å². The summed E-state index contributed by atoms with van der Waals surface area (Å²) in [5, 5.41) is 0. The fourth-order valence-corrected chi connectivity index (χ4v) is 1.48. The van der Waals surface area contributed by atoms with Gasteiger partial charge in [0.05, 0.1) is 5.69 Å². The lowest BCUT2D eigenvalue weighted by Crippen LogP contribution is -2.02. The van der Waals surface area contributed by atoms with Crippen molar-refractivity contribution in [2.75, 3.05) is 0 Å². The van der Waals surface area contributed by atoms with Crippen molar-refractivity contribution in [3.8, 4) is 5.75 Å². The number of halogens is 1. The smallest absolute Gasteiger partial charge is 0.146 e. The zero-order chi connectivity index (χ0) is 11.5. The Balaban J connectivity index is 2.02. The SMILES string of the molecule is Cc1cn(C)c(COc2ccc(F)cc2)n1. The van der Waals surface area contributed by atoms with Crippen LogP contribution >= 0.6 is 0 Å². The Bertz CT molecular complexity index is 476. The Morgan fingerprint density at radius 2 is 2.00 bits per heavy atom. The highest BCUT2D eigenvalue weighted by Crippen LogP contribution is 2.13. The normalized spacial score (nSPS) is 10.4. The van der Waals surface area contributed by atoms with Crippen LogP contribution in [-0.4, -0.2) is 9.55 Å². The van der Waals surface area contributed by atoms with Crippen LogP contribution in [0.25, 0.3) is 0 Å². The number of nitrogens with zero attached hydrogens (tertiary/aromatic N) is 2. The first-order valence-electron chi connectivity index (χ1n) is 5.02. The molecule has 0 bridgehead atoms. The summed E-state index contributed by atoms with van der Waals surface area (Å²) in [7, 11) is 1.92. The third kappa shape index (κ3) is 2.39. The fourth-order valence-electron chi connectivity index (χ4n) is 1.48. The van der Waals surface area contributed by atoms with Crippen LogP contribution in [0.2, 0.25) is 0 Å². The van der Waals surface area contributed by atoms with Crippen molar-refractivity contribution in [2.45, 2.75) is 13.5 Å². The van der Waals surface area contributed by atoms with Crippen LogP contribution in [0.1, 0.15) is 11.5 Å². The molecule has 2 aromatic rings. The van der Waals surface area contributed by atoms with E-state index < -0.39 is 0 Å². The van der Waals surface area contributed by atoms with Crippen LogP contribution in [0.4, 0.5) is 4.39 Å². The van der Waals surface area contributed by atoms with Gasteiger partial charge in [-0.3, -0.25) is 0 Å². The zero-order valence-corrected chi connectivity index (χ0v) is 9.27. The van der Waals surface area contributed by atoms with Gasteiger partial charge in [0.25, 0.3) is 0 Å². The summed E-state index contributed by atoms with van der Waals surface area (Å²) in [5.41, 5.74) is 0.959. The molecular weight excluding hydrogens is 207 g/mol. The first-order valence-corrected chi connectivity index (χ1v) is 5.02. The molecule has 84 valence electrons.